The fourth-order valence-corrected chi connectivity index (χ4v) is 3.36. The molecule has 3 heterocycles. The van der Waals surface area contributed by atoms with E-state index in [2.05, 4.69) is 9.88 Å². The van der Waals surface area contributed by atoms with Gasteiger partial charge in [0.25, 0.3) is 0 Å². The van der Waals surface area contributed by atoms with Crippen molar-refractivity contribution in [2.24, 2.45) is 0 Å². The monoisotopic (exact) mass is 337 g/mol. The van der Waals surface area contributed by atoms with Crippen LogP contribution in [0.4, 0.5) is 0 Å². The van der Waals surface area contributed by atoms with Crippen LogP contribution in [0.2, 0.25) is 5.02 Å². The summed E-state index contributed by atoms with van der Waals surface area (Å²) in [4.78, 5) is 21.0. The fourth-order valence-electron chi connectivity index (χ4n) is 3.25. The molecule has 1 amide bonds. The summed E-state index contributed by atoms with van der Waals surface area (Å²) in [5.74, 6) is 0.217. The van der Waals surface area contributed by atoms with Crippen LogP contribution in [0, 0.1) is 0 Å². The van der Waals surface area contributed by atoms with Crippen molar-refractivity contribution in [3.8, 4) is 0 Å². The van der Waals surface area contributed by atoms with Crippen LogP contribution in [0.25, 0.3) is 0 Å². The number of carbonyl (C=O) groups is 1. The number of aromatic nitrogens is 1. The van der Waals surface area contributed by atoms with E-state index in [-0.39, 0.29) is 12.0 Å². The van der Waals surface area contributed by atoms with E-state index in [1.165, 1.54) is 0 Å². The Hall–Kier alpha value is -1.17. The Bertz CT molecular complexity index is 511. The third-order valence-corrected chi connectivity index (χ3v) is 4.70. The lowest BCUT2D eigenvalue weighted by atomic mass is 10.2. The van der Waals surface area contributed by atoms with Gasteiger partial charge in [0.15, 0.2) is 0 Å². The van der Waals surface area contributed by atoms with Gasteiger partial charge in [-0.2, -0.15) is 0 Å². The molecule has 2 aliphatic heterocycles. The number of nitrogens with zero attached hydrogens (tertiary/aromatic N) is 3. The largest absolute Gasteiger partial charge is 0.377 e. The molecule has 0 unspecified atom stereocenters. The molecule has 0 bridgehead atoms. The predicted molar refractivity (Wildman–Crippen MR) is 89.3 cm³/mol. The Labute approximate surface area is 142 Å². The third kappa shape index (κ3) is 4.90. The summed E-state index contributed by atoms with van der Waals surface area (Å²) < 4.78 is 5.74. The number of pyridine rings is 1. The molecule has 2 saturated heterocycles. The number of hydrogen-bond acceptors (Lipinski definition) is 4. The highest BCUT2D eigenvalue weighted by molar-refractivity contribution is 6.30. The molecule has 5 nitrogen and oxygen atoms in total. The smallest absolute Gasteiger partial charge is 0.236 e. The molecule has 2 aliphatic rings. The average molecular weight is 338 g/mol. The van der Waals surface area contributed by atoms with E-state index in [9.17, 15) is 4.79 Å². The second kappa shape index (κ2) is 8.08. The first-order chi connectivity index (χ1) is 11.2. The van der Waals surface area contributed by atoms with Gasteiger partial charge in [-0.3, -0.25) is 14.7 Å². The summed E-state index contributed by atoms with van der Waals surface area (Å²) in [5.41, 5.74) is 0.932. The van der Waals surface area contributed by atoms with Gasteiger partial charge in [0, 0.05) is 39.0 Å². The number of halogens is 1. The van der Waals surface area contributed by atoms with E-state index in [0.29, 0.717) is 18.1 Å². The second-order valence-corrected chi connectivity index (χ2v) is 6.80. The molecular formula is C17H24ClN3O2. The zero-order valence-corrected chi connectivity index (χ0v) is 14.2. The number of amides is 1. The topological polar surface area (TPSA) is 45.7 Å². The van der Waals surface area contributed by atoms with E-state index in [4.69, 9.17) is 16.3 Å². The highest BCUT2D eigenvalue weighted by Gasteiger charge is 2.24. The lowest BCUT2D eigenvalue weighted by molar-refractivity contribution is -0.131. The number of hydrogen-bond donors (Lipinski definition) is 0. The van der Waals surface area contributed by atoms with E-state index in [1.807, 2.05) is 17.0 Å². The zero-order chi connectivity index (χ0) is 16.1. The van der Waals surface area contributed by atoms with Gasteiger partial charge in [0.05, 0.1) is 23.4 Å². The molecule has 1 aromatic rings. The Morgan fingerprint density at radius 3 is 2.83 bits per heavy atom. The van der Waals surface area contributed by atoms with Gasteiger partial charge in [-0.05, 0) is 37.8 Å². The van der Waals surface area contributed by atoms with Crippen LogP contribution < -0.4 is 0 Å². The number of carbonyl (C=O) groups excluding carboxylic acids is 1. The number of likely N-dealkylation sites (tertiary alicyclic amines) is 1. The van der Waals surface area contributed by atoms with Crippen molar-refractivity contribution in [3.05, 3.63) is 29.0 Å². The van der Waals surface area contributed by atoms with Crippen LogP contribution in [0.5, 0.6) is 0 Å². The van der Waals surface area contributed by atoms with Crippen molar-refractivity contribution >= 4 is 17.5 Å². The van der Waals surface area contributed by atoms with Crippen molar-refractivity contribution in [2.75, 3.05) is 32.8 Å². The molecule has 0 spiro atoms. The quantitative estimate of drug-likeness (QED) is 0.799. The summed E-state index contributed by atoms with van der Waals surface area (Å²) in [6.07, 6.45) is 6.31. The van der Waals surface area contributed by atoms with Crippen molar-refractivity contribution in [2.45, 2.75) is 38.3 Å². The molecule has 126 valence electrons. The molecule has 23 heavy (non-hydrogen) atoms. The van der Waals surface area contributed by atoms with E-state index in [0.717, 1.165) is 57.6 Å². The van der Waals surface area contributed by atoms with Gasteiger partial charge in [0.2, 0.25) is 5.91 Å². The lowest BCUT2D eigenvalue weighted by Gasteiger charge is -2.26. The van der Waals surface area contributed by atoms with Crippen LogP contribution in [-0.4, -0.2) is 59.6 Å². The Balaban J connectivity index is 1.62. The molecule has 0 N–H and O–H groups in total. The van der Waals surface area contributed by atoms with Crippen LogP contribution in [0.3, 0.4) is 0 Å². The second-order valence-electron chi connectivity index (χ2n) is 6.36. The van der Waals surface area contributed by atoms with Gasteiger partial charge in [-0.25, -0.2) is 0 Å². The molecule has 0 aromatic carbocycles. The molecule has 6 heteroatoms. The highest BCUT2D eigenvalue weighted by Crippen LogP contribution is 2.16. The molecule has 0 aliphatic carbocycles. The summed E-state index contributed by atoms with van der Waals surface area (Å²) in [6.45, 7) is 4.49. The normalized spacial score (nSPS) is 21.3. The predicted octanol–water partition coefficient (Wildman–Crippen LogP) is 2.34. The van der Waals surface area contributed by atoms with Gasteiger partial charge in [-0.1, -0.05) is 11.6 Å². The summed E-state index contributed by atoms with van der Waals surface area (Å²) in [7, 11) is 0. The first kappa shape index (κ1) is 16.7. The average Bonchev–Trinajstić information content (AvgIpc) is 3.22. The molecule has 0 saturated carbocycles. The lowest BCUT2D eigenvalue weighted by Crippen LogP contribution is -2.41. The zero-order valence-electron chi connectivity index (χ0n) is 13.4. The minimum Gasteiger partial charge on any atom is -0.377 e. The van der Waals surface area contributed by atoms with Crippen molar-refractivity contribution in [1.82, 2.24) is 14.8 Å². The maximum Gasteiger partial charge on any atom is 0.236 e. The molecule has 1 aromatic heterocycles. The van der Waals surface area contributed by atoms with Crippen LogP contribution >= 0.6 is 11.6 Å². The van der Waals surface area contributed by atoms with Gasteiger partial charge in [-0.15, -0.1) is 0 Å². The summed E-state index contributed by atoms with van der Waals surface area (Å²) in [5, 5.41) is 0.632. The Morgan fingerprint density at radius 1 is 1.35 bits per heavy atom. The van der Waals surface area contributed by atoms with Crippen molar-refractivity contribution in [1.29, 1.82) is 0 Å². The molecule has 1 atom stereocenters. The van der Waals surface area contributed by atoms with Crippen LogP contribution in [0.15, 0.2) is 18.3 Å². The minimum atomic E-state index is 0.217. The summed E-state index contributed by atoms with van der Waals surface area (Å²) in [6, 6.07) is 3.77. The van der Waals surface area contributed by atoms with Gasteiger partial charge >= 0.3 is 0 Å². The molecule has 3 rings (SSSR count). The standard InChI is InChI=1S/C17H24ClN3O2/c18-14-5-6-15(19-10-14)11-20(12-16-4-3-9-23-16)13-17(22)21-7-1-2-8-21/h5-6,10,16H,1-4,7-9,11-13H2/t16-/m1/s1. The fraction of sp³-hybridized carbons (Fsp3) is 0.647. The van der Waals surface area contributed by atoms with E-state index >= 15 is 0 Å². The molecule has 0 radical (unpaired) electrons. The summed E-state index contributed by atoms with van der Waals surface area (Å²) >= 11 is 5.90. The van der Waals surface area contributed by atoms with Gasteiger partial charge < -0.3 is 9.64 Å². The van der Waals surface area contributed by atoms with Crippen molar-refractivity contribution < 1.29 is 9.53 Å². The van der Waals surface area contributed by atoms with Crippen molar-refractivity contribution in [3.63, 3.8) is 0 Å². The van der Waals surface area contributed by atoms with Crippen LogP contribution in [-0.2, 0) is 16.1 Å². The Morgan fingerprint density at radius 2 is 2.17 bits per heavy atom. The highest BCUT2D eigenvalue weighted by atomic mass is 35.5. The van der Waals surface area contributed by atoms with E-state index < -0.39 is 0 Å². The number of rotatable bonds is 6. The molecular weight excluding hydrogens is 314 g/mol. The number of ether oxygens (including phenoxy) is 1. The van der Waals surface area contributed by atoms with Crippen LogP contribution in [0.1, 0.15) is 31.4 Å². The molecule has 2 fully saturated rings. The Kier molecular flexibility index (Phi) is 5.86. The maximum absolute atomic E-state index is 12.5. The maximum atomic E-state index is 12.5. The SMILES string of the molecule is O=C(CN(Cc1ccc(Cl)cn1)C[C@H]1CCCO1)N1CCCC1. The van der Waals surface area contributed by atoms with E-state index in [1.54, 1.807) is 6.20 Å². The minimum absolute atomic E-state index is 0.217. The van der Waals surface area contributed by atoms with Gasteiger partial charge in [0.1, 0.15) is 0 Å². The first-order valence-corrected chi connectivity index (χ1v) is 8.80. The third-order valence-electron chi connectivity index (χ3n) is 4.48. The first-order valence-electron chi connectivity index (χ1n) is 8.43.